The molecule has 1 fully saturated rings. The molecule has 0 spiro atoms. The SMILES string of the molecule is OC[C@H](c1ccccc1)N1CCOCC1. The molecule has 0 bridgehead atoms. The highest BCUT2D eigenvalue weighted by atomic mass is 16.5. The van der Waals surface area contributed by atoms with Crippen LogP contribution in [-0.4, -0.2) is 42.9 Å². The molecular formula is C12H17NO2. The lowest BCUT2D eigenvalue weighted by Gasteiger charge is -2.33. The normalized spacial score (nSPS) is 20.1. The van der Waals surface area contributed by atoms with E-state index in [4.69, 9.17) is 4.74 Å². The van der Waals surface area contributed by atoms with Gasteiger partial charge in [0.25, 0.3) is 0 Å². The summed E-state index contributed by atoms with van der Waals surface area (Å²) in [4.78, 5) is 2.28. The average Bonchev–Trinajstić information content (AvgIpc) is 2.33. The van der Waals surface area contributed by atoms with Gasteiger partial charge < -0.3 is 9.84 Å². The van der Waals surface area contributed by atoms with Crippen molar-refractivity contribution in [2.24, 2.45) is 0 Å². The molecule has 1 aliphatic rings. The molecule has 0 unspecified atom stereocenters. The summed E-state index contributed by atoms with van der Waals surface area (Å²) in [5.41, 5.74) is 1.18. The monoisotopic (exact) mass is 207 g/mol. The average molecular weight is 207 g/mol. The number of morpholine rings is 1. The van der Waals surface area contributed by atoms with Gasteiger partial charge in [-0.3, -0.25) is 4.90 Å². The number of aliphatic hydroxyl groups excluding tert-OH is 1. The number of rotatable bonds is 3. The Morgan fingerprint density at radius 3 is 2.47 bits per heavy atom. The van der Waals surface area contributed by atoms with E-state index in [1.165, 1.54) is 5.56 Å². The molecular weight excluding hydrogens is 190 g/mol. The maximum Gasteiger partial charge on any atom is 0.0628 e. The van der Waals surface area contributed by atoms with Crippen LogP contribution in [0.3, 0.4) is 0 Å². The van der Waals surface area contributed by atoms with Gasteiger partial charge in [-0.15, -0.1) is 0 Å². The van der Waals surface area contributed by atoms with Gasteiger partial charge in [-0.1, -0.05) is 30.3 Å². The van der Waals surface area contributed by atoms with Crippen LogP contribution in [0.1, 0.15) is 11.6 Å². The Kier molecular flexibility index (Phi) is 3.72. The molecule has 1 N–H and O–H groups in total. The summed E-state index contributed by atoms with van der Waals surface area (Å²) in [7, 11) is 0. The third-order valence-electron chi connectivity index (χ3n) is 2.84. The summed E-state index contributed by atoms with van der Waals surface area (Å²) >= 11 is 0. The summed E-state index contributed by atoms with van der Waals surface area (Å²) < 4.78 is 5.31. The number of aliphatic hydroxyl groups is 1. The van der Waals surface area contributed by atoms with Crippen molar-refractivity contribution in [1.29, 1.82) is 0 Å². The van der Waals surface area contributed by atoms with Crippen molar-refractivity contribution in [3.63, 3.8) is 0 Å². The molecule has 15 heavy (non-hydrogen) atoms. The van der Waals surface area contributed by atoms with Gasteiger partial charge in [0.1, 0.15) is 0 Å². The van der Waals surface area contributed by atoms with Crippen LogP contribution in [0.25, 0.3) is 0 Å². The molecule has 2 rings (SSSR count). The van der Waals surface area contributed by atoms with Crippen LogP contribution in [-0.2, 0) is 4.74 Å². The standard InChI is InChI=1S/C12H17NO2/c14-10-12(11-4-2-1-3-5-11)13-6-8-15-9-7-13/h1-5,12,14H,6-10H2/t12-/m1/s1. The van der Waals surface area contributed by atoms with Crippen molar-refractivity contribution in [2.45, 2.75) is 6.04 Å². The second-order valence-electron chi connectivity index (χ2n) is 3.76. The summed E-state index contributed by atoms with van der Waals surface area (Å²) in [6.07, 6.45) is 0. The van der Waals surface area contributed by atoms with Crippen molar-refractivity contribution in [2.75, 3.05) is 32.9 Å². The maximum atomic E-state index is 9.45. The number of hydrogen-bond acceptors (Lipinski definition) is 3. The minimum absolute atomic E-state index is 0.120. The third kappa shape index (κ3) is 2.56. The van der Waals surface area contributed by atoms with Crippen molar-refractivity contribution in [1.82, 2.24) is 4.90 Å². The van der Waals surface area contributed by atoms with Crippen LogP contribution in [0, 0.1) is 0 Å². The number of ether oxygens (including phenoxy) is 1. The van der Waals surface area contributed by atoms with Crippen LogP contribution in [0.4, 0.5) is 0 Å². The lowest BCUT2D eigenvalue weighted by Crippen LogP contribution is -2.40. The molecule has 0 aromatic heterocycles. The Morgan fingerprint density at radius 1 is 1.20 bits per heavy atom. The number of benzene rings is 1. The quantitative estimate of drug-likeness (QED) is 0.804. The Bertz CT molecular complexity index is 283. The Balaban J connectivity index is 2.09. The van der Waals surface area contributed by atoms with Gasteiger partial charge in [0.05, 0.1) is 25.9 Å². The second-order valence-corrected chi connectivity index (χ2v) is 3.76. The lowest BCUT2D eigenvalue weighted by atomic mass is 10.1. The summed E-state index contributed by atoms with van der Waals surface area (Å²) in [5, 5.41) is 9.45. The van der Waals surface area contributed by atoms with Gasteiger partial charge in [-0.25, -0.2) is 0 Å². The van der Waals surface area contributed by atoms with E-state index < -0.39 is 0 Å². The van der Waals surface area contributed by atoms with Crippen LogP contribution in [0.15, 0.2) is 30.3 Å². The van der Waals surface area contributed by atoms with E-state index in [1.807, 2.05) is 18.2 Å². The van der Waals surface area contributed by atoms with Gasteiger partial charge in [0, 0.05) is 13.1 Å². The van der Waals surface area contributed by atoms with Crippen LogP contribution in [0.2, 0.25) is 0 Å². The summed E-state index contributed by atoms with van der Waals surface area (Å²) in [6, 6.07) is 10.3. The molecule has 0 amide bonds. The van der Waals surface area contributed by atoms with E-state index in [9.17, 15) is 5.11 Å². The predicted octanol–water partition coefficient (Wildman–Crippen LogP) is 1.05. The highest BCUT2D eigenvalue weighted by molar-refractivity contribution is 5.19. The first-order valence-electron chi connectivity index (χ1n) is 5.39. The molecule has 0 aliphatic carbocycles. The van der Waals surface area contributed by atoms with Crippen molar-refractivity contribution < 1.29 is 9.84 Å². The molecule has 1 saturated heterocycles. The minimum Gasteiger partial charge on any atom is -0.394 e. The van der Waals surface area contributed by atoms with Gasteiger partial charge in [-0.2, -0.15) is 0 Å². The van der Waals surface area contributed by atoms with Gasteiger partial charge in [-0.05, 0) is 5.56 Å². The lowest BCUT2D eigenvalue weighted by molar-refractivity contribution is 0.00259. The first-order chi connectivity index (χ1) is 7.42. The van der Waals surface area contributed by atoms with Gasteiger partial charge in [0.2, 0.25) is 0 Å². The zero-order valence-electron chi connectivity index (χ0n) is 8.80. The zero-order valence-corrected chi connectivity index (χ0v) is 8.80. The van der Waals surface area contributed by atoms with Crippen molar-refractivity contribution in [3.05, 3.63) is 35.9 Å². The molecule has 3 nitrogen and oxygen atoms in total. The van der Waals surface area contributed by atoms with E-state index >= 15 is 0 Å². The van der Waals surface area contributed by atoms with Gasteiger partial charge >= 0.3 is 0 Å². The Labute approximate surface area is 90.3 Å². The summed E-state index contributed by atoms with van der Waals surface area (Å²) in [6.45, 7) is 3.51. The van der Waals surface area contributed by atoms with Crippen molar-refractivity contribution in [3.8, 4) is 0 Å². The van der Waals surface area contributed by atoms with E-state index in [2.05, 4.69) is 17.0 Å². The van der Waals surface area contributed by atoms with Crippen LogP contribution >= 0.6 is 0 Å². The number of hydrogen-bond donors (Lipinski definition) is 1. The van der Waals surface area contributed by atoms with E-state index in [1.54, 1.807) is 0 Å². The smallest absolute Gasteiger partial charge is 0.0628 e. The first kappa shape index (κ1) is 10.6. The van der Waals surface area contributed by atoms with E-state index in [-0.39, 0.29) is 12.6 Å². The highest BCUT2D eigenvalue weighted by Gasteiger charge is 2.21. The fourth-order valence-corrected chi connectivity index (χ4v) is 2.00. The molecule has 0 saturated carbocycles. The Morgan fingerprint density at radius 2 is 1.87 bits per heavy atom. The molecule has 1 heterocycles. The summed E-state index contributed by atoms with van der Waals surface area (Å²) in [5.74, 6) is 0. The molecule has 82 valence electrons. The van der Waals surface area contributed by atoms with Crippen molar-refractivity contribution >= 4 is 0 Å². The predicted molar refractivity (Wildman–Crippen MR) is 58.7 cm³/mol. The maximum absolute atomic E-state index is 9.45. The minimum atomic E-state index is 0.120. The molecule has 1 aromatic carbocycles. The zero-order chi connectivity index (χ0) is 10.5. The molecule has 1 atom stereocenters. The third-order valence-corrected chi connectivity index (χ3v) is 2.84. The van der Waals surface area contributed by atoms with E-state index in [0.717, 1.165) is 26.3 Å². The fourth-order valence-electron chi connectivity index (χ4n) is 2.00. The second kappa shape index (κ2) is 5.26. The highest BCUT2D eigenvalue weighted by Crippen LogP contribution is 2.20. The first-order valence-corrected chi connectivity index (χ1v) is 5.39. The number of nitrogens with zero attached hydrogens (tertiary/aromatic N) is 1. The van der Waals surface area contributed by atoms with E-state index in [0.29, 0.717) is 0 Å². The Hall–Kier alpha value is -0.900. The molecule has 1 aromatic rings. The molecule has 1 aliphatic heterocycles. The molecule has 0 radical (unpaired) electrons. The fraction of sp³-hybridized carbons (Fsp3) is 0.500. The van der Waals surface area contributed by atoms with Crippen LogP contribution in [0.5, 0.6) is 0 Å². The topological polar surface area (TPSA) is 32.7 Å². The largest absolute Gasteiger partial charge is 0.394 e. The van der Waals surface area contributed by atoms with Gasteiger partial charge in [0.15, 0.2) is 0 Å². The van der Waals surface area contributed by atoms with Crippen LogP contribution < -0.4 is 0 Å². The molecule has 3 heteroatoms.